The predicted octanol–water partition coefficient (Wildman–Crippen LogP) is 0.996. The minimum absolute atomic E-state index is 0.0199. The lowest BCUT2D eigenvalue weighted by Gasteiger charge is -2.18. The molecular formula is C11H17N3O. The Kier molecular flexibility index (Phi) is 4.24. The van der Waals surface area contributed by atoms with Gasteiger partial charge in [-0.2, -0.15) is 0 Å². The quantitative estimate of drug-likeness (QED) is 0.773. The Labute approximate surface area is 89.9 Å². The fourth-order valence-electron chi connectivity index (χ4n) is 1.32. The molecular weight excluding hydrogens is 190 g/mol. The van der Waals surface area contributed by atoms with Crippen molar-refractivity contribution in [1.29, 1.82) is 0 Å². The molecule has 1 rings (SSSR count). The van der Waals surface area contributed by atoms with Crippen molar-refractivity contribution in [1.82, 2.24) is 10.3 Å². The lowest BCUT2D eigenvalue weighted by atomic mass is 10.1. The van der Waals surface area contributed by atoms with Gasteiger partial charge >= 0.3 is 0 Å². The third-order valence-corrected chi connectivity index (χ3v) is 2.25. The van der Waals surface area contributed by atoms with E-state index in [0.717, 1.165) is 12.0 Å². The smallest absolute Gasteiger partial charge is 0.237 e. The van der Waals surface area contributed by atoms with Crippen molar-refractivity contribution in [2.75, 3.05) is 0 Å². The van der Waals surface area contributed by atoms with Crippen LogP contribution in [0.3, 0.4) is 0 Å². The number of nitrogens with two attached hydrogens (primary N) is 1. The molecule has 82 valence electrons. The fourth-order valence-corrected chi connectivity index (χ4v) is 1.32. The normalized spacial score (nSPS) is 14.3. The Morgan fingerprint density at radius 1 is 1.53 bits per heavy atom. The molecule has 1 amide bonds. The minimum atomic E-state index is -0.471. The average molecular weight is 207 g/mol. The molecule has 0 aromatic carbocycles. The first-order valence-corrected chi connectivity index (χ1v) is 5.11. The van der Waals surface area contributed by atoms with Gasteiger partial charge in [0.15, 0.2) is 0 Å². The van der Waals surface area contributed by atoms with Crippen LogP contribution in [0.2, 0.25) is 0 Å². The lowest BCUT2D eigenvalue weighted by molar-refractivity contribution is -0.122. The number of hydrogen-bond acceptors (Lipinski definition) is 3. The number of carbonyl (C=O) groups excluding carboxylic acids is 1. The van der Waals surface area contributed by atoms with Crippen LogP contribution in [0, 0.1) is 0 Å². The second-order valence-corrected chi connectivity index (χ2v) is 3.54. The van der Waals surface area contributed by atoms with Gasteiger partial charge < -0.3 is 11.1 Å². The number of rotatable bonds is 4. The van der Waals surface area contributed by atoms with E-state index in [1.807, 2.05) is 19.1 Å². The van der Waals surface area contributed by atoms with Crippen LogP contribution >= 0.6 is 0 Å². The zero-order valence-corrected chi connectivity index (χ0v) is 9.10. The summed E-state index contributed by atoms with van der Waals surface area (Å²) in [5.74, 6) is -0.126. The monoisotopic (exact) mass is 207 g/mol. The molecule has 0 bridgehead atoms. The molecule has 15 heavy (non-hydrogen) atoms. The van der Waals surface area contributed by atoms with Gasteiger partial charge in [0.1, 0.15) is 0 Å². The summed E-state index contributed by atoms with van der Waals surface area (Å²) < 4.78 is 0. The molecule has 0 fully saturated rings. The molecule has 4 heteroatoms. The summed E-state index contributed by atoms with van der Waals surface area (Å²) >= 11 is 0. The van der Waals surface area contributed by atoms with E-state index in [0.29, 0.717) is 0 Å². The summed E-state index contributed by atoms with van der Waals surface area (Å²) in [5, 5.41) is 2.89. The highest BCUT2D eigenvalue weighted by molar-refractivity contribution is 5.81. The Balaban J connectivity index is 2.69. The third kappa shape index (κ3) is 3.32. The second kappa shape index (κ2) is 5.46. The standard InChI is InChI=1S/C11H17N3O/c1-3-10(14-11(15)8(2)12)9-4-6-13-7-5-9/h4-8,10H,3,12H2,1-2H3,(H,14,15)/t8-,10?/m1/s1. The van der Waals surface area contributed by atoms with Crippen LogP contribution in [-0.4, -0.2) is 16.9 Å². The van der Waals surface area contributed by atoms with Crippen molar-refractivity contribution in [2.24, 2.45) is 5.73 Å². The molecule has 0 aliphatic heterocycles. The summed E-state index contributed by atoms with van der Waals surface area (Å²) in [6, 6.07) is 3.35. The third-order valence-electron chi connectivity index (χ3n) is 2.25. The summed E-state index contributed by atoms with van der Waals surface area (Å²) in [6.45, 7) is 3.70. The van der Waals surface area contributed by atoms with E-state index in [-0.39, 0.29) is 11.9 Å². The van der Waals surface area contributed by atoms with Crippen LogP contribution < -0.4 is 11.1 Å². The van der Waals surface area contributed by atoms with Gasteiger partial charge in [0.05, 0.1) is 12.1 Å². The molecule has 0 aliphatic rings. The number of aromatic nitrogens is 1. The predicted molar refractivity (Wildman–Crippen MR) is 59.1 cm³/mol. The van der Waals surface area contributed by atoms with E-state index < -0.39 is 6.04 Å². The molecule has 3 N–H and O–H groups in total. The molecule has 0 aliphatic carbocycles. The zero-order valence-electron chi connectivity index (χ0n) is 9.10. The Morgan fingerprint density at radius 2 is 2.13 bits per heavy atom. The molecule has 1 aromatic heterocycles. The van der Waals surface area contributed by atoms with Crippen LogP contribution in [0.4, 0.5) is 0 Å². The fraction of sp³-hybridized carbons (Fsp3) is 0.455. The van der Waals surface area contributed by atoms with Gasteiger partial charge in [0.2, 0.25) is 5.91 Å². The second-order valence-electron chi connectivity index (χ2n) is 3.54. The van der Waals surface area contributed by atoms with Crippen molar-refractivity contribution in [3.8, 4) is 0 Å². The van der Waals surface area contributed by atoms with Gasteiger partial charge in [0, 0.05) is 12.4 Å². The first kappa shape index (κ1) is 11.7. The topological polar surface area (TPSA) is 68.0 Å². The van der Waals surface area contributed by atoms with Crippen LogP contribution in [0.5, 0.6) is 0 Å². The molecule has 4 nitrogen and oxygen atoms in total. The van der Waals surface area contributed by atoms with Gasteiger partial charge in [0.25, 0.3) is 0 Å². The molecule has 1 aromatic rings. The van der Waals surface area contributed by atoms with Gasteiger partial charge in [-0.3, -0.25) is 9.78 Å². The maximum atomic E-state index is 11.4. The largest absolute Gasteiger partial charge is 0.348 e. The number of amides is 1. The first-order valence-electron chi connectivity index (χ1n) is 5.11. The Morgan fingerprint density at radius 3 is 2.60 bits per heavy atom. The number of nitrogens with one attached hydrogen (secondary N) is 1. The van der Waals surface area contributed by atoms with E-state index in [9.17, 15) is 4.79 Å². The highest BCUT2D eigenvalue weighted by Gasteiger charge is 2.14. The van der Waals surface area contributed by atoms with E-state index >= 15 is 0 Å². The molecule has 0 saturated heterocycles. The van der Waals surface area contributed by atoms with E-state index in [4.69, 9.17) is 5.73 Å². The number of pyridine rings is 1. The van der Waals surface area contributed by atoms with E-state index in [1.165, 1.54) is 0 Å². The highest BCUT2D eigenvalue weighted by atomic mass is 16.2. The molecule has 2 atom stereocenters. The first-order chi connectivity index (χ1) is 7.15. The molecule has 1 unspecified atom stereocenters. The number of hydrogen-bond donors (Lipinski definition) is 2. The molecule has 0 spiro atoms. The summed E-state index contributed by atoms with van der Waals surface area (Å²) in [5.41, 5.74) is 6.55. The summed E-state index contributed by atoms with van der Waals surface area (Å²) in [7, 11) is 0. The Hall–Kier alpha value is -1.42. The molecule has 0 radical (unpaired) electrons. The van der Waals surface area contributed by atoms with Crippen LogP contribution in [0.25, 0.3) is 0 Å². The van der Waals surface area contributed by atoms with Crippen molar-refractivity contribution < 1.29 is 4.79 Å². The van der Waals surface area contributed by atoms with Crippen LogP contribution in [0.15, 0.2) is 24.5 Å². The van der Waals surface area contributed by atoms with E-state index in [2.05, 4.69) is 10.3 Å². The van der Waals surface area contributed by atoms with Crippen molar-refractivity contribution in [2.45, 2.75) is 32.4 Å². The number of nitrogens with zero attached hydrogens (tertiary/aromatic N) is 1. The zero-order chi connectivity index (χ0) is 11.3. The van der Waals surface area contributed by atoms with E-state index in [1.54, 1.807) is 19.3 Å². The van der Waals surface area contributed by atoms with Crippen molar-refractivity contribution >= 4 is 5.91 Å². The van der Waals surface area contributed by atoms with Gasteiger partial charge in [-0.05, 0) is 31.0 Å². The summed E-state index contributed by atoms with van der Waals surface area (Å²) in [4.78, 5) is 15.4. The minimum Gasteiger partial charge on any atom is -0.348 e. The Bertz CT molecular complexity index is 311. The van der Waals surface area contributed by atoms with Crippen LogP contribution in [-0.2, 0) is 4.79 Å². The van der Waals surface area contributed by atoms with Crippen LogP contribution in [0.1, 0.15) is 31.9 Å². The van der Waals surface area contributed by atoms with Crippen molar-refractivity contribution in [3.63, 3.8) is 0 Å². The van der Waals surface area contributed by atoms with Gasteiger partial charge in [-0.25, -0.2) is 0 Å². The maximum Gasteiger partial charge on any atom is 0.237 e. The number of carbonyl (C=O) groups is 1. The SMILES string of the molecule is CCC(NC(=O)[C@@H](C)N)c1ccncc1. The van der Waals surface area contributed by atoms with Gasteiger partial charge in [-0.15, -0.1) is 0 Å². The highest BCUT2D eigenvalue weighted by Crippen LogP contribution is 2.14. The van der Waals surface area contributed by atoms with Crippen molar-refractivity contribution in [3.05, 3.63) is 30.1 Å². The molecule has 0 saturated carbocycles. The average Bonchev–Trinajstić information content (AvgIpc) is 2.26. The van der Waals surface area contributed by atoms with Gasteiger partial charge in [-0.1, -0.05) is 6.92 Å². The lowest BCUT2D eigenvalue weighted by Crippen LogP contribution is -2.40. The maximum absolute atomic E-state index is 11.4. The molecule has 1 heterocycles. The summed E-state index contributed by atoms with van der Waals surface area (Å²) in [6.07, 6.45) is 4.27.